The maximum absolute atomic E-state index is 13.1. The first-order valence-corrected chi connectivity index (χ1v) is 5.58. The van der Waals surface area contributed by atoms with Crippen LogP contribution in [0, 0.1) is 15.9 Å². The number of carbonyl (C=O) groups is 2. The number of hydrazone groups is 1. The van der Waals surface area contributed by atoms with Crippen LogP contribution in [-0.4, -0.2) is 22.4 Å². The number of nitrogens with one attached hydrogen (secondary N) is 2. The molecule has 2 N–H and O–H groups in total. The average Bonchev–Trinajstić information content (AvgIpc) is 2.39. The Hall–Kier alpha value is -2.84. The summed E-state index contributed by atoms with van der Waals surface area (Å²) in [5.41, 5.74) is 1.45. The van der Waals surface area contributed by atoms with Gasteiger partial charge in [0.25, 0.3) is 11.6 Å². The Bertz CT molecular complexity index is 629. The molecule has 0 unspecified atom stereocenters. The number of benzene rings is 1. The lowest BCUT2D eigenvalue weighted by molar-refractivity contribution is -0.384. The molecule has 0 atom stereocenters. The maximum Gasteiger partial charge on any atom is 0.292 e. The number of anilines is 1. The van der Waals surface area contributed by atoms with Gasteiger partial charge in [0.1, 0.15) is 17.2 Å². The van der Waals surface area contributed by atoms with E-state index in [9.17, 15) is 24.1 Å². The number of rotatable bonds is 3. The fourth-order valence-corrected chi connectivity index (χ4v) is 1.60. The molecule has 0 fully saturated rings. The zero-order valence-electron chi connectivity index (χ0n) is 10.1. The van der Waals surface area contributed by atoms with E-state index < -0.39 is 22.3 Å². The van der Waals surface area contributed by atoms with E-state index >= 15 is 0 Å². The number of halogens is 1. The zero-order chi connectivity index (χ0) is 14.7. The lowest BCUT2D eigenvalue weighted by Gasteiger charge is -2.12. The van der Waals surface area contributed by atoms with Crippen molar-refractivity contribution < 1.29 is 18.9 Å². The van der Waals surface area contributed by atoms with Crippen LogP contribution in [0.2, 0.25) is 0 Å². The van der Waals surface area contributed by atoms with E-state index in [1.807, 2.05) is 0 Å². The van der Waals surface area contributed by atoms with Gasteiger partial charge < -0.3 is 5.32 Å². The number of nitro benzene ring substituents is 1. The average molecular weight is 280 g/mol. The van der Waals surface area contributed by atoms with Crippen molar-refractivity contribution in [1.82, 2.24) is 5.43 Å². The summed E-state index contributed by atoms with van der Waals surface area (Å²) in [6, 6.07) is 2.72. The molecule has 9 heteroatoms. The molecule has 1 aromatic carbocycles. The summed E-state index contributed by atoms with van der Waals surface area (Å²) in [5, 5.41) is 16.5. The second-order valence-electron chi connectivity index (χ2n) is 3.97. The molecule has 2 rings (SSSR count). The normalized spacial score (nSPS) is 14.2. The van der Waals surface area contributed by atoms with Gasteiger partial charge in [0.15, 0.2) is 0 Å². The summed E-state index contributed by atoms with van der Waals surface area (Å²) in [6.45, 7) is 0. The Balaban J connectivity index is 2.21. The highest BCUT2D eigenvalue weighted by molar-refractivity contribution is 6.43. The van der Waals surface area contributed by atoms with Gasteiger partial charge in [-0.3, -0.25) is 19.7 Å². The molecule has 0 bridgehead atoms. The van der Waals surface area contributed by atoms with E-state index in [0.29, 0.717) is 0 Å². The Morgan fingerprint density at radius 1 is 1.45 bits per heavy atom. The van der Waals surface area contributed by atoms with Crippen LogP contribution >= 0.6 is 0 Å². The fourth-order valence-electron chi connectivity index (χ4n) is 1.60. The van der Waals surface area contributed by atoms with Gasteiger partial charge in [0.2, 0.25) is 5.91 Å². The minimum absolute atomic E-state index is 0.0168. The van der Waals surface area contributed by atoms with Gasteiger partial charge in [-0.05, 0) is 6.07 Å². The highest BCUT2D eigenvalue weighted by atomic mass is 19.1. The standard InChI is InChI=1S/C11H9FN4O4/c12-6-1-3-9(16(19)20)8(5-6)13-11(18)7-2-4-10(17)15-14-7/h1,3,5H,2,4H2,(H,13,18)(H,15,17). The molecule has 1 aliphatic rings. The van der Waals surface area contributed by atoms with Crippen molar-refractivity contribution in [2.75, 3.05) is 5.32 Å². The Morgan fingerprint density at radius 3 is 2.80 bits per heavy atom. The predicted molar refractivity (Wildman–Crippen MR) is 66.5 cm³/mol. The van der Waals surface area contributed by atoms with Crippen LogP contribution in [0.5, 0.6) is 0 Å². The van der Waals surface area contributed by atoms with Crippen LogP contribution in [0.25, 0.3) is 0 Å². The minimum Gasteiger partial charge on any atom is -0.315 e. The molecule has 0 radical (unpaired) electrons. The van der Waals surface area contributed by atoms with Crippen LogP contribution < -0.4 is 10.7 Å². The van der Waals surface area contributed by atoms with Crippen LogP contribution in [-0.2, 0) is 9.59 Å². The van der Waals surface area contributed by atoms with Crippen molar-refractivity contribution >= 4 is 28.9 Å². The van der Waals surface area contributed by atoms with Crippen molar-refractivity contribution in [3.8, 4) is 0 Å². The molecule has 1 aliphatic heterocycles. The first-order valence-electron chi connectivity index (χ1n) is 5.58. The largest absolute Gasteiger partial charge is 0.315 e. The first kappa shape index (κ1) is 13.6. The van der Waals surface area contributed by atoms with Crippen LogP contribution in [0.4, 0.5) is 15.8 Å². The Morgan fingerprint density at radius 2 is 2.20 bits per heavy atom. The summed E-state index contributed by atoms with van der Waals surface area (Å²) in [7, 11) is 0. The molecule has 20 heavy (non-hydrogen) atoms. The first-order chi connectivity index (χ1) is 9.47. The summed E-state index contributed by atoms with van der Waals surface area (Å²) < 4.78 is 13.1. The monoisotopic (exact) mass is 280 g/mol. The SMILES string of the molecule is O=C1CCC(C(=O)Nc2cc(F)ccc2[N+](=O)[O-])=NN1. The van der Waals surface area contributed by atoms with Crippen LogP contribution in [0.3, 0.4) is 0 Å². The summed E-state index contributed by atoms with van der Waals surface area (Å²) >= 11 is 0. The summed E-state index contributed by atoms with van der Waals surface area (Å²) in [5.74, 6) is -1.76. The third kappa shape index (κ3) is 2.94. The van der Waals surface area contributed by atoms with Gasteiger partial charge in [-0.25, -0.2) is 9.82 Å². The predicted octanol–water partition coefficient (Wildman–Crippen LogP) is 0.938. The molecule has 2 amide bonds. The summed E-state index contributed by atoms with van der Waals surface area (Å²) in [6.07, 6.45) is 0.207. The highest BCUT2D eigenvalue weighted by Crippen LogP contribution is 2.25. The number of amides is 2. The van der Waals surface area contributed by atoms with Crippen molar-refractivity contribution in [1.29, 1.82) is 0 Å². The molecule has 0 saturated carbocycles. The lowest BCUT2D eigenvalue weighted by atomic mass is 10.1. The Labute approximate surface area is 111 Å². The van der Waals surface area contributed by atoms with E-state index in [1.54, 1.807) is 0 Å². The molecule has 0 aliphatic carbocycles. The van der Waals surface area contributed by atoms with Gasteiger partial charge in [0.05, 0.1) is 4.92 Å². The molecule has 104 valence electrons. The third-order valence-electron chi connectivity index (χ3n) is 2.57. The van der Waals surface area contributed by atoms with Gasteiger partial charge in [-0.15, -0.1) is 0 Å². The highest BCUT2D eigenvalue weighted by Gasteiger charge is 2.22. The van der Waals surface area contributed by atoms with Gasteiger partial charge in [-0.1, -0.05) is 0 Å². The van der Waals surface area contributed by atoms with Gasteiger partial charge in [0, 0.05) is 25.0 Å². The van der Waals surface area contributed by atoms with E-state index in [4.69, 9.17) is 0 Å². The number of carbonyl (C=O) groups excluding carboxylic acids is 2. The molecule has 0 saturated heterocycles. The molecule has 8 nitrogen and oxygen atoms in total. The van der Waals surface area contributed by atoms with Crippen LogP contribution in [0.1, 0.15) is 12.8 Å². The maximum atomic E-state index is 13.1. The Kier molecular flexibility index (Phi) is 3.69. The van der Waals surface area contributed by atoms with Gasteiger partial charge in [-0.2, -0.15) is 5.10 Å². The molecule has 0 spiro atoms. The second-order valence-corrected chi connectivity index (χ2v) is 3.97. The number of nitro groups is 1. The van der Waals surface area contributed by atoms with E-state index in [1.165, 1.54) is 0 Å². The summed E-state index contributed by atoms with van der Waals surface area (Å²) in [4.78, 5) is 32.8. The smallest absolute Gasteiger partial charge is 0.292 e. The van der Waals surface area contributed by atoms with E-state index in [-0.39, 0.29) is 30.1 Å². The molecule has 0 aromatic heterocycles. The van der Waals surface area contributed by atoms with Gasteiger partial charge >= 0.3 is 0 Å². The molecular formula is C11H9FN4O4. The minimum atomic E-state index is -0.737. The van der Waals surface area contributed by atoms with E-state index in [0.717, 1.165) is 18.2 Å². The topological polar surface area (TPSA) is 114 Å². The lowest BCUT2D eigenvalue weighted by Crippen LogP contribution is -2.32. The number of nitrogens with zero attached hydrogens (tertiary/aromatic N) is 2. The molecule has 1 aromatic rings. The molecule has 1 heterocycles. The van der Waals surface area contributed by atoms with Crippen molar-refractivity contribution in [3.05, 3.63) is 34.1 Å². The number of hydrogen-bond acceptors (Lipinski definition) is 5. The fraction of sp³-hybridized carbons (Fsp3) is 0.182. The zero-order valence-corrected chi connectivity index (χ0v) is 10.1. The van der Waals surface area contributed by atoms with E-state index in [2.05, 4.69) is 15.8 Å². The van der Waals surface area contributed by atoms with Crippen molar-refractivity contribution in [2.24, 2.45) is 5.10 Å². The van der Waals surface area contributed by atoms with Crippen LogP contribution in [0.15, 0.2) is 23.3 Å². The third-order valence-corrected chi connectivity index (χ3v) is 2.57. The number of hydrogen-bond donors (Lipinski definition) is 2. The molecular weight excluding hydrogens is 271 g/mol. The van der Waals surface area contributed by atoms with Crippen molar-refractivity contribution in [2.45, 2.75) is 12.8 Å². The second kappa shape index (κ2) is 5.43. The van der Waals surface area contributed by atoms with Crippen molar-refractivity contribution in [3.63, 3.8) is 0 Å². The quantitative estimate of drug-likeness (QED) is 0.633.